The molecule has 0 atom stereocenters. The Labute approximate surface area is 142 Å². The van der Waals surface area contributed by atoms with Gasteiger partial charge in [0.2, 0.25) is 0 Å². The highest BCUT2D eigenvalue weighted by Gasteiger charge is 2.10. The predicted octanol–water partition coefficient (Wildman–Crippen LogP) is 4.24. The molecule has 2 aromatic rings. The van der Waals surface area contributed by atoms with Crippen LogP contribution in [0, 0.1) is 0 Å². The van der Waals surface area contributed by atoms with E-state index in [4.69, 9.17) is 9.47 Å². The van der Waals surface area contributed by atoms with Gasteiger partial charge in [0.15, 0.2) is 0 Å². The first-order valence-electron chi connectivity index (χ1n) is 7.61. The normalized spacial score (nSPS) is 9.88. The smallest absolute Gasteiger partial charge is 0.255 e. The number of anilines is 1. The molecule has 1 N–H and O–H groups in total. The first-order valence-corrected chi connectivity index (χ1v) is 7.61. The van der Waals surface area contributed by atoms with E-state index < -0.39 is 0 Å². The van der Waals surface area contributed by atoms with Crippen LogP contribution in [0.5, 0.6) is 11.5 Å². The summed E-state index contributed by atoms with van der Waals surface area (Å²) in [5.74, 6) is 1.23. The zero-order valence-corrected chi connectivity index (χ0v) is 13.7. The third-order valence-corrected chi connectivity index (χ3v) is 3.37. The summed E-state index contributed by atoms with van der Waals surface area (Å²) in [6, 6.07) is 12.6. The Kier molecular flexibility index (Phi) is 6.20. The number of carbonyl (C=O) groups is 1. The molecule has 0 spiro atoms. The van der Waals surface area contributed by atoms with E-state index >= 15 is 0 Å². The van der Waals surface area contributed by atoms with E-state index in [-0.39, 0.29) is 5.91 Å². The third kappa shape index (κ3) is 4.49. The Hall–Kier alpha value is -3.01. The van der Waals surface area contributed by atoms with E-state index in [1.54, 1.807) is 37.5 Å². The molecule has 0 saturated heterocycles. The summed E-state index contributed by atoms with van der Waals surface area (Å²) < 4.78 is 10.8. The molecule has 2 aromatic carbocycles. The average molecular weight is 323 g/mol. The maximum atomic E-state index is 12.5. The van der Waals surface area contributed by atoms with Gasteiger partial charge in [0.25, 0.3) is 5.91 Å². The van der Waals surface area contributed by atoms with Crippen LogP contribution in [-0.2, 0) is 6.42 Å². The summed E-state index contributed by atoms with van der Waals surface area (Å²) >= 11 is 0. The van der Waals surface area contributed by atoms with Crippen molar-refractivity contribution in [3.63, 3.8) is 0 Å². The summed E-state index contributed by atoms with van der Waals surface area (Å²) in [5, 5.41) is 2.87. The molecule has 24 heavy (non-hydrogen) atoms. The van der Waals surface area contributed by atoms with E-state index in [0.29, 0.717) is 30.0 Å². The van der Waals surface area contributed by atoms with Gasteiger partial charge in [-0.05, 0) is 42.3 Å². The number of carbonyl (C=O) groups excluding carboxylic acids is 1. The lowest BCUT2D eigenvalue weighted by Gasteiger charge is -2.11. The zero-order valence-electron chi connectivity index (χ0n) is 13.7. The van der Waals surface area contributed by atoms with Crippen LogP contribution in [0.15, 0.2) is 67.8 Å². The van der Waals surface area contributed by atoms with Gasteiger partial charge in [0.05, 0.1) is 7.11 Å². The first kappa shape index (κ1) is 17.3. The Balaban J connectivity index is 2.16. The molecule has 0 saturated carbocycles. The quantitative estimate of drug-likeness (QED) is 0.739. The fourth-order valence-corrected chi connectivity index (χ4v) is 2.26. The number of hydrogen-bond donors (Lipinski definition) is 1. The van der Waals surface area contributed by atoms with Crippen LogP contribution in [0.4, 0.5) is 5.69 Å². The second kappa shape index (κ2) is 8.58. The van der Waals surface area contributed by atoms with Gasteiger partial charge >= 0.3 is 0 Å². The van der Waals surface area contributed by atoms with Crippen LogP contribution in [0.3, 0.4) is 0 Å². The number of rotatable bonds is 8. The van der Waals surface area contributed by atoms with Crippen LogP contribution in [0.2, 0.25) is 0 Å². The van der Waals surface area contributed by atoms with E-state index in [1.165, 1.54) is 0 Å². The van der Waals surface area contributed by atoms with Crippen LogP contribution >= 0.6 is 0 Å². The van der Waals surface area contributed by atoms with Crippen molar-refractivity contribution < 1.29 is 14.3 Å². The maximum absolute atomic E-state index is 12.5. The Morgan fingerprint density at radius 1 is 1.17 bits per heavy atom. The number of hydrogen-bond acceptors (Lipinski definition) is 3. The fourth-order valence-electron chi connectivity index (χ4n) is 2.26. The molecule has 0 aromatic heterocycles. The molecule has 124 valence electrons. The van der Waals surface area contributed by atoms with Crippen molar-refractivity contribution in [3.05, 3.63) is 78.9 Å². The maximum Gasteiger partial charge on any atom is 0.255 e. The SMILES string of the molecule is C=CCOc1cccc(NC(=O)c2ccc(OC)c(CC=C)c2)c1. The third-order valence-electron chi connectivity index (χ3n) is 3.37. The van der Waals surface area contributed by atoms with Gasteiger partial charge in [0.1, 0.15) is 18.1 Å². The van der Waals surface area contributed by atoms with Gasteiger partial charge in [0, 0.05) is 17.3 Å². The van der Waals surface area contributed by atoms with Crippen LogP contribution in [0.1, 0.15) is 15.9 Å². The highest BCUT2D eigenvalue weighted by Crippen LogP contribution is 2.22. The minimum atomic E-state index is -0.191. The Bertz CT molecular complexity index is 737. The molecule has 0 unspecified atom stereocenters. The van der Waals surface area contributed by atoms with Crippen molar-refractivity contribution >= 4 is 11.6 Å². The second-order valence-electron chi connectivity index (χ2n) is 5.10. The van der Waals surface area contributed by atoms with Crippen LogP contribution < -0.4 is 14.8 Å². The van der Waals surface area contributed by atoms with E-state index in [2.05, 4.69) is 18.5 Å². The van der Waals surface area contributed by atoms with Crippen molar-refractivity contribution in [2.45, 2.75) is 6.42 Å². The fraction of sp³-hybridized carbons (Fsp3) is 0.150. The number of benzene rings is 2. The molecule has 2 rings (SSSR count). The van der Waals surface area contributed by atoms with Crippen molar-refractivity contribution in [1.82, 2.24) is 0 Å². The molecular formula is C20H21NO3. The van der Waals surface area contributed by atoms with Gasteiger partial charge in [-0.3, -0.25) is 4.79 Å². The minimum Gasteiger partial charge on any atom is -0.496 e. The molecule has 0 heterocycles. The monoisotopic (exact) mass is 323 g/mol. The van der Waals surface area contributed by atoms with E-state index in [1.807, 2.05) is 24.3 Å². The van der Waals surface area contributed by atoms with Gasteiger partial charge in [-0.15, -0.1) is 6.58 Å². The molecule has 4 heteroatoms. The molecule has 0 aliphatic carbocycles. The summed E-state index contributed by atoms with van der Waals surface area (Å²) in [6.07, 6.45) is 4.08. The largest absolute Gasteiger partial charge is 0.496 e. The van der Waals surface area contributed by atoms with Crippen molar-refractivity contribution in [1.29, 1.82) is 0 Å². The zero-order chi connectivity index (χ0) is 17.4. The van der Waals surface area contributed by atoms with Crippen molar-refractivity contribution in [2.24, 2.45) is 0 Å². The average Bonchev–Trinajstić information content (AvgIpc) is 2.60. The summed E-state index contributed by atoms with van der Waals surface area (Å²) in [7, 11) is 1.61. The second-order valence-corrected chi connectivity index (χ2v) is 5.10. The Morgan fingerprint density at radius 3 is 2.71 bits per heavy atom. The molecule has 0 fully saturated rings. The van der Waals surface area contributed by atoms with Gasteiger partial charge in [-0.25, -0.2) is 0 Å². The van der Waals surface area contributed by atoms with Gasteiger partial charge in [-0.1, -0.05) is 24.8 Å². The lowest BCUT2D eigenvalue weighted by molar-refractivity contribution is 0.102. The van der Waals surface area contributed by atoms with Gasteiger partial charge < -0.3 is 14.8 Å². The van der Waals surface area contributed by atoms with Crippen molar-refractivity contribution in [3.8, 4) is 11.5 Å². The molecule has 4 nitrogen and oxygen atoms in total. The lowest BCUT2D eigenvalue weighted by atomic mass is 10.1. The van der Waals surface area contributed by atoms with Crippen molar-refractivity contribution in [2.75, 3.05) is 19.0 Å². The summed E-state index contributed by atoms with van der Waals surface area (Å²) in [5.41, 5.74) is 2.15. The number of methoxy groups -OCH3 is 1. The predicted molar refractivity (Wildman–Crippen MR) is 97.0 cm³/mol. The summed E-state index contributed by atoms with van der Waals surface area (Å²) in [6.45, 7) is 7.76. The molecule has 0 aliphatic heterocycles. The van der Waals surface area contributed by atoms with E-state index in [0.717, 1.165) is 11.3 Å². The first-order chi connectivity index (χ1) is 11.7. The molecule has 0 aliphatic rings. The molecular weight excluding hydrogens is 302 g/mol. The highest BCUT2D eigenvalue weighted by atomic mass is 16.5. The topological polar surface area (TPSA) is 47.6 Å². The molecule has 0 radical (unpaired) electrons. The molecule has 1 amide bonds. The number of amides is 1. The standard InChI is InChI=1S/C20H21NO3/c1-4-7-15-13-16(10-11-19(15)23-3)20(22)21-17-8-6-9-18(14-17)24-12-5-2/h4-6,8-11,13-14H,1-2,7,12H2,3H3,(H,21,22). The number of nitrogens with one attached hydrogen (secondary N) is 1. The van der Waals surface area contributed by atoms with Crippen LogP contribution in [-0.4, -0.2) is 19.6 Å². The van der Waals surface area contributed by atoms with Crippen LogP contribution in [0.25, 0.3) is 0 Å². The molecule has 0 bridgehead atoms. The minimum absolute atomic E-state index is 0.191. The lowest BCUT2D eigenvalue weighted by Crippen LogP contribution is -2.12. The Morgan fingerprint density at radius 2 is 2.00 bits per heavy atom. The summed E-state index contributed by atoms with van der Waals surface area (Å²) in [4.78, 5) is 12.5. The van der Waals surface area contributed by atoms with Gasteiger partial charge in [-0.2, -0.15) is 0 Å². The van der Waals surface area contributed by atoms with E-state index in [9.17, 15) is 4.79 Å². The number of allylic oxidation sites excluding steroid dienone is 1. The highest BCUT2D eigenvalue weighted by molar-refractivity contribution is 6.04. The number of ether oxygens (including phenoxy) is 2.